The van der Waals surface area contributed by atoms with Crippen LogP contribution in [0.4, 0.5) is 5.69 Å². The molecule has 1 heterocycles. The summed E-state index contributed by atoms with van der Waals surface area (Å²) in [5.74, 6) is 0.502. The minimum absolute atomic E-state index is 0.181. The Hall–Kier alpha value is -3.54. The molecule has 1 aliphatic heterocycles. The van der Waals surface area contributed by atoms with E-state index in [1.165, 1.54) is 11.8 Å². The molecule has 1 amide bonds. The molecule has 0 aromatic heterocycles. The van der Waals surface area contributed by atoms with Crippen molar-refractivity contribution >= 4 is 57.0 Å². The lowest BCUT2D eigenvalue weighted by molar-refractivity contribution is -0.115. The fraction of sp³-hybridized carbons (Fsp3) is 0.0370. The van der Waals surface area contributed by atoms with Gasteiger partial charge in [0.05, 0.1) is 10.6 Å². The largest absolute Gasteiger partial charge is 0.488 e. The highest BCUT2D eigenvalue weighted by Gasteiger charge is 2.25. The van der Waals surface area contributed by atoms with Crippen molar-refractivity contribution in [2.75, 3.05) is 0 Å². The number of fused-ring (bicyclic) bond motifs is 1. The zero-order valence-electron chi connectivity index (χ0n) is 17.5. The highest BCUT2D eigenvalue weighted by Crippen LogP contribution is 2.35. The van der Waals surface area contributed by atoms with Crippen molar-refractivity contribution in [3.63, 3.8) is 0 Å². The van der Waals surface area contributed by atoms with E-state index in [1.807, 2.05) is 97.1 Å². The molecule has 0 unspecified atom stereocenters. The summed E-state index contributed by atoms with van der Waals surface area (Å²) in [5.41, 5.74) is 2.53. The Morgan fingerprint density at radius 1 is 0.909 bits per heavy atom. The Labute approximate surface area is 201 Å². The SMILES string of the molecule is O=C1NC(=Nc2ccccc2)S/C1=C\c1c(OCc2ccccc2Cl)ccc2ccccc12. The van der Waals surface area contributed by atoms with Gasteiger partial charge < -0.3 is 10.1 Å². The van der Waals surface area contributed by atoms with E-state index in [0.29, 0.717) is 27.5 Å². The van der Waals surface area contributed by atoms with Gasteiger partial charge in [-0.1, -0.05) is 78.3 Å². The van der Waals surface area contributed by atoms with Crippen LogP contribution < -0.4 is 10.1 Å². The summed E-state index contributed by atoms with van der Waals surface area (Å²) in [6.45, 7) is 0.328. The molecule has 6 heteroatoms. The molecule has 4 nitrogen and oxygen atoms in total. The normalized spacial score (nSPS) is 15.8. The maximum Gasteiger partial charge on any atom is 0.264 e. The Morgan fingerprint density at radius 3 is 2.52 bits per heavy atom. The molecule has 4 aromatic rings. The number of aliphatic imine (C=N–C) groups is 1. The number of thioether (sulfide) groups is 1. The number of ether oxygens (including phenoxy) is 1. The van der Waals surface area contributed by atoms with Gasteiger partial charge in [-0.05, 0) is 52.9 Å². The molecule has 0 aliphatic carbocycles. The number of nitrogens with zero attached hydrogens (tertiary/aromatic N) is 1. The van der Waals surface area contributed by atoms with Gasteiger partial charge in [0.15, 0.2) is 5.17 Å². The van der Waals surface area contributed by atoms with Crippen LogP contribution in [0, 0.1) is 0 Å². The number of halogens is 1. The van der Waals surface area contributed by atoms with E-state index in [4.69, 9.17) is 16.3 Å². The zero-order valence-corrected chi connectivity index (χ0v) is 19.1. The standard InChI is InChI=1S/C27H19ClN2O2S/c28-23-13-7-5-9-19(23)17-32-24-15-14-18-8-4-6-12-21(18)22(24)16-25-26(31)30-27(33-25)29-20-10-2-1-3-11-20/h1-16H,17H2,(H,29,30,31)/b25-16-. The topological polar surface area (TPSA) is 50.7 Å². The third-order valence-electron chi connectivity index (χ3n) is 5.18. The van der Waals surface area contributed by atoms with Crippen LogP contribution in [-0.2, 0) is 11.4 Å². The minimum atomic E-state index is -0.181. The van der Waals surface area contributed by atoms with Gasteiger partial charge in [-0.3, -0.25) is 4.79 Å². The second-order valence-electron chi connectivity index (χ2n) is 7.40. The predicted molar refractivity (Wildman–Crippen MR) is 137 cm³/mol. The second kappa shape index (κ2) is 9.53. The monoisotopic (exact) mass is 470 g/mol. The molecule has 0 bridgehead atoms. The number of hydrogen-bond acceptors (Lipinski definition) is 4. The lowest BCUT2D eigenvalue weighted by Crippen LogP contribution is -2.19. The van der Waals surface area contributed by atoms with Crippen molar-refractivity contribution in [1.29, 1.82) is 0 Å². The Kier molecular flexibility index (Phi) is 6.15. The summed E-state index contributed by atoms with van der Waals surface area (Å²) >= 11 is 7.62. The highest BCUT2D eigenvalue weighted by atomic mass is 35.5. The summed E-state index contributed by atoms with van der Waals surface area (Å²) in [4.78, 5) is 17.8. The van der Waals surface area contributed by atoms with Crippen LogP contribution >= 0.6 is 23.4 Å². The first-order valence-electron chi connectivity index (χ1n) is 10.4. The second-order valence-corrected chi connectivity index (χ2v) is 8.83. The third-order valence-corrected chi connectivity index (χ3v) is 6.46. The Morgan fingerprint density at radius 2 is 1.67 bits per heavy atom. The number of carbonyl (C=O) groups is 1. The first-order chi connectivity index (χ1) is 16.2. The molecule has 162 valence electrons. The van der Waals surface area contributed by atoms with Gasteiger partial charge >= 0.3 is 0 Å². The number of benzene rings is 4. The summed E-state index contributed by atoms with van der Waals surface area (Å²) < 4.78 is 6.18. The number of amides is 1. The summed E-state index contributed by atoms with van der Waals surface area (Å²) in [5, 5.41) is 6.13. The van der Waals surface area contributed by atoms with Gasteiger partial charge in [0.1, 0.15) is 12.4 Å². The number of amidine groups is 1. The molecule has 1 fully saturated rings. The van der Waals surface area contributed by atoms with Crippen molar-refractivity contribution < 1.29 is 9.53 Å². The molecule has 1 N–H and O–H groups in total. The maximum atomic E-state index is 12.7. The van der Waals surface area contributed by atoms with Crippen molar-refractivity contribution in [1.82, 2.24) is 5.32 Å². The van der Waals surface area contributed by atoms with Crippen LogP contribution in [-0.4, -0.2) is 11.1 Å². The molecule has 5 rings (SSSR count). The molecule has 4 aromatic carbocycles. The van der Waals surface area contributed by atoms with E-state index >= 15 is 0 Å². The summed E-state index contributed by atoms with van der Waals surface area (Å²) in [6, 6.07) is 29.1. The molecular formula is C27H19ClN2O2S. The molecule has 0 atom stereocenters. The van der Waals surface area contributed by atoms with E-state index < -0.39 is 0 Å². The minimum Gasteiger partial charge on any atom is -0.488 e. The highest BCUT2D eigenvalue weighted by molar-refractivity contribution is 8.18. The summed E-state index contributed by atoms with van der Waals surface area (Å²) in [7, 11) is 0. The van der Waals surface area contributed by atoms with Gasteiger partial charge in [-0.2, -0.15) is 0 Å². The fourth-order valence-electron chi connectivity index (χ4n) is 3.55. The molecule has 0 spiro atoms. The third kappa shape index (κ3) is 4.80. The number of hydrogen-bond donors (Lipinski definition) is 1. The lowest BCUT2D eigenvalue weighted by Gasteiger charge is -2.13. The van der Waals surface area contributed by atoms with Gasteiger partial charge in [0.25, 0.3) is 5.91 Å². The molecule has 1 saturated heterocycles. The van der Waals surface area contributed by atoms with E-state index in [9.17, 15) is 4.79 Å². The Bertz CT molecular complexity index is 1400. The maximum absolute atomic E-state index is 12.7. The van der Waals surface area contributed by atoms with Gasteiger partial charge in [0.2, 0.25) is 0 Å². The van der Waals surface area contributed by atoms with Crippen LogP contribution in [0.5, 0.6) is 5.75 Å². The van der Waals surface area contributed by atoms with E-state index in [2.05, 4.69) is 10.3 Å². The first-order valence-corrected chi connectivity index (χ1v) is 11.6. The van der Waals surface area contributed by atoms with Crippen molar-refractivity contribution in [3.8, 4) is 5.75 Å². The van der Waals surface area contributed by atoms with Crippen molar-refractivity contribution in [3.05, 3.63) is 112 Å². The smallest absolute Gasteiger partial charge is 0.264 e. The van der Waals surface area contributed by atoms with Gasteiger partial charge in [-0.25, -0.2) is 4.99 Å². The average molecular weight is 471 g/mol. The fourth-order valence-corrected chi connectivity index (χ4v) is 4.57. The number of carbonyl (C=O) groups excluding carboxylic acids is 1. The molecule has 1 aliphatic rings. The van der Waals surface area contributed by atoms with Crippen LogP contribution in [0.2, 0.25) is 5.02 Å². The number of nitrogens with one attached hydrogen (secondary N) is 1. The van der Waals surface area contributed by atoms with Crippen LogP contribution in [0.15, 0.2) is 101 Å². The predicted octanol–water partition coefficient (Wildman–Crippen LogP) is 6.96. The zero-order chi connectivity index (χ0) is 22.6. The quantitative estimate of drug-likeness (QED) is 0.320. The van der Waals surface area contributed by atoms with E-state index in [1.54, 1.807) is 0 Å². The average Bonchev–Trinajstić information content (AvgIpc) is 3.18. The molecular weight excluding hydrogens is 452 g/mol. The van der Waals surface area contributed by atoms with Crippen LogP contribution in [0.1, 0.15) is 11.1 Å². The van der Waals surface area contributed by atoms with Gasteiger partial charge in [0, 0.05) is 16.1 Å². The van der Waals surface area contributed by atoms with Crippen molar-refractivity contribution in [2.45, 2.75) is 6.61 Å². The number of rotatable bonds is 5. The molecule has 33 heavy (non-hydrogen) atoms. The Balaban J connectivity index is 1.50. The van der Waals surface area contributed by atoms with Gasteiger partial charge in [-0.15, -0.1) is 0 Å². The number of para-hydroxylation sites is 1. The van der Waals surface area contributed by atoms with Crippen LogP contribution in [0.25, 0.3) is 16.8 Å². The first kappa shape index (κ1) is 21.3. The van der Waals surface area contributed by atoms with E-state index in [0.717, 1.165) is 27.6 Å². The van der Waals surface area contributed by atoms with Crippen molar-refractivity contribution in [2.24, 2.45) is 4.99 Å². The van der Waals surface area contributed by atoms with E-state index in [-0.39, 0.29) is 5.91 Å². The summed E-state index contributed by atoms with van der Waals surface area (Å²) in [6.07, 6.45) is 1.87. The molecule has 0 saturated carbocycles. The van der Waals surface area contributed by atoms with Crippen LogP contribution in [0.3, 0.4) is 0 Å². The molecule has 0 radical (unpaired) electrons. The lowest BCUT2D eigenvalue weighted by atomic mass is 10.0.